The summed E-state index contributed by atoms with van der Waals surface area (Å²) in [5, 5.41) is 4.21. The Bertz CT molecular complexity index is 2110. The Morgan fingerprint density at radius 1 is 1.13 bits per heavy atom. The largest absolute Gasteiger partial charge is 0.490 e. The third-order valence-electron chi connectivity index (χ3n) is 12.3. The lowest BCUT2D eigenvalue weighted by molar-refractivity contribution is 0.00278. The summed E-state index contributed by atoms with van der Waals surface area (Å²) in [4.78, 5) is 30.5. The molecule has 54 heavy (non-hydrogen) atoms. The van der Waals surface area contributed by atoms with Gasteiger partial charge in [-0.2, -0.15) is 0 Å². The zero-order chi connectivity index (χ0) is 37.8. The standard InChI is InChI=1S/C40H48ClN5O7S/c1-24-33-13-14-34(50-3)29-10-7-27(29)20-46-22-40(16-5-6-25-18-28(41)9-11-31(25)40)23-53-35-12-8-26(19-32(35)46)37(47)43-54(49,36(24)15-17-52-33)44-38(48)30-21-45(2)42-39(30)51-4/h8-9,11-14,18-19,21,24,27,29,33-34,36H,5-7,10,15-17,20,22-23H2,1-4H3,(H,43,44,47,48,49)/b14-13+/t24-,27-,29+,33-,34-,36+,40-,54?/m0/s1. The Balaban J connectivity index is 1.25. The van der Waals surface area contributed by atoms with Gasteiger partial charge in [-0.25, -0.2) is 4.21 Å². The summed E-state index contributed by atoms with van der Waals surface area (Å²) in [7, 11) is 1.07. The second-order valence-corrected chi connectivity index (χ2v) is 18.1. The fourth-order valence-corrected chi connectivity index (χ4v) is 11.7. The molecule has 1 unspecified atom stereocenters. The molecule has 2 aromatic carbocycles. The van der Waals surface area contributed by atoms with E-state index < -0.39 is 33.1 Å². The van der Waals surface area contributed by atoms with E-state index in [1.54, 1.807) is 20.2 Å². The summed E-state index contributed by atoms with van der Waals surface area (Å²) >= 11 is 6.48. The zero-order valence-electron chi connectivity index (χ0n) is 31.2. The molecule has 14 heteroatoms. The maximum Gasteiger partial charge on any atom is 0.286 e. The lowest BCUT2D eigenvalue weighted by Gasteiger charge is -2.46. The van der Waals surface area contributed by atoms with Gasteiger partial charge in [0.15, 0.2) is 0 Å². The lowest BCUT2D eigenvalue weighted by Crippen LogP contribution is -2.50. The predicted molar refractivity (Wildman–Crippen MR) is 206 cm³/mol. The highest BCUT2D eigenvalue weighted by Crippen LogP contribution is 2.47. The summed E-state index contributed by atoms with van der Waals surface area (Å²) in [5.74, 6) is -0.377. The predicted octanol–water partition coefficient (Wildman–Crippen LogP) is 5.91. The van der Waals surface area contributed by atoms with E-state index in [-0.39, 0.29) is 47.0 Å². The highest BCUT2D eigenvalue weighted by molar-refractivity contribution is 7.93. The van der Waals surface area contributed by atoms with Gasteiger partial charge >= 0.3 is 0 Å². The Hall–Kier alpha value is -3.91. The summed E-state index contributed by atoms with van der Waals surface area (Å²) in [6, 6.07) is 11.5. The van der Waals surface area contributed by atoms with Crippen LogP contribution < -0.4 is 19.1 Å². The fraction of sp³-hybridized carbons (Fsp3) is 0.525. The average molecular weight is 778 g/mol. The van der Waals surface area contributed by atoms with E-state index in [4.69, 9.17) is 30.5 Å². The number of nitrogens with one attached hydrogen (secondary N) is 1. The highest BCUT2D eigenvalue weighted by Gasteiger charge is 2.45. The van der Waals surface area contributed by atoms with Crippen molar-refractivity contribution in [2.24, 2.45) is 29.2 Å². The molecule has 4 heterocycles. The van der Waals surface area contributed by atoms with E-state index in [0.29, 0.717) is 31.2 Å². The second-order valence-electron chi connectivity index (χ2n) is 15.5. The van der Waals surface area contributed by atoms with Crippen molar-refractivity contribution in [2.75, 3.05) is 45.4 Å². The van der Waals surface area contributed by atoms with Crippen molar-refractivity contribution >= 4 is 39.0 Å². The molecule has 3 aromatic rings. The van der Waals surface area contributed by atoms with Crippen molar-refractivity contribution in [3.8, 4) is 11.6 Å². The van der Waals surface area contributed by atoms with Crippen molar-refractivity contribution in [1.29, 1.82) is 0 Å². The van der Waals surface area contributed by atoms with Crippen LogP contribution in [0.1, 0.15) is 70.9 Å². The number of nitrogens with zero attached hydrogens (tertiary/aromatic N) is 4. The van der Waals surface area contributed by atoms with Crippen molar-refractivity contribution < 1.29 is 32.7 Å². The smallest absolute Gasteiger partial charge is 0.286 e. The fourth-order valence-electron chi connectivity index (χ4n) is 9.33. The molecule has 1 aromatic heterocycles. The van der Waals surface area contributed by atoms with Crippen molar-refractivity contribution in [1.82, 2.24) is 14.5 Å². The number of anilines is 1. The maximum atomic E-state index is 15.3. The number of carbonyl (C=O) groups is 2. The van der Waals surface area contributed by atoms with Gasteiger partial charge < -0.3 is 23.8 Å². The molecule has 1 saturated heterocycles. The van der Waals surface area contributed by atoms with Crippen LogP contribution in [0.5, 0.6) is 11.6 Å². The number of amides is 2. The van der Waals surface area contributed by atoms with Crippen molar-refractivity contribution in [3.63, 3.8) is 0 Å². The molecule has 4 bridgehead atoms. The highest BCUT2D eigenvalue weighted by atomic mass is 35.5. The molecule has 1 N–H and O–H groups in total. The van der Waals surface area contributed by atoms with Crippen LogP contribution in [-0.4, -0.2) is 83.8 Å². The van der Waals surface area contributed by atoms with Crippen LogP contribution in [0.15, 0.2) is 59.1 Å². The number of rotatable bonds is 4. The molecule has 2 amide bonds. The number of fused-ring (bicyclic) bond motifs is 6. The number of methoxy groups -OCH3 is 2. The Morgan fingerprint density at radius 2 is 1.98 bits per heavy atom. The molecule has 8 atom stereocenters. The van der Waals surface area contributed by atoms with E-state index in [1.807, 2.05) is 31.2 Å². The van der Waals surface area contributed by atoms with Gasteiger partial charge in [0.2, 0.25) is 5.88 Å². The van der Waals surface area contributed by atoms with Gasteiger partial charge in [-0.05, 0) is 91.8 Å². The first-order chi connectivity index (χ1) is 26.0. The molecule has 2 aliphatic carbocycles. The summed E-state index contributed by atoms with van der Waals surface area (Å²) in [6.07, 6.45) is 10.3. The summed E-state index contributed by atoms with van der Waals surface area (Å²) in [5.41, 5.74) is 3.37. The number of hydrogen-bond donors (Lipinski definition) is 1. The third-order valence-corrected chi connectivity index (χ3v) is 15.0. The quantitative estimate of drug-likeness (QED) is 0.321. The SMILES string of the molecule is COc1nn(C)cc1C(=O)NS1(=O)=NC(=O)c2ccc3c(c2)N(C[C@@H]2CC[C@H]2[C@@H](OC)/C=C/[C@@H]2OCC[C@@H]1[C@H]2C)C[C@@]1(CCCc2cc(Cl)ccc21)CO3. The molecule has 12 nitrogen and oxygen atoms in total. The molecule has 5 aliphatic rings. The number of halogens is 1. The third kappa shape index (κ3) is 6.71. The normalized spacial score (nSPS) is 32.5. The van der Waals surface area contributed by atoms with E-state index in [9.17, 15) is 9.59 Å². The molecular formula is C40H48ClN5O7S. The monoisotopic (exact) mass is 777 g/mol. The minimum atomic E-state index is -3.75. The molecule has 3 aliphatic heterocycles. The zero-order valence-corrected chi connectivity index (χ0v) is 32.7. The van der Waals surface area contributed by atoms with Gasteiger partial charge in [-0.3, -0.25) is 19.0 Å². The molecular weight excluding hydrogens is 730 g/mol. The topological polar surface area (TPSA) is 134 Å². The van der Waals surface area contributed by atoms with Crippen LogP contribution in [0.2, 0.25) is 5.02 Å². The van der Waals surface area contributed by atoms with Gasteiger partial charge in [-0.1, -0.05) is 36.7 Å². The van der Waals surface area contributed by atoms with Crippen molar-refractivity contribution in [3.05, 3.63) is 82.0 Å². The minimum Gasteiger partial charge on any atom is -0.490 e. The van der Waals surface area contributed by atoms with Gasteiger partial charge in [0.1, 0.15) is 21.2 Å². The molecule has 288 valence electrons. The van der Waals surface area contributed by atoms with E-state index >= 15 is 4.21 Å². The summed E-state index contributed by atoms with van der Waals surface area (Å²) in [6.45, 7) is 4.13. The van der Waals surface area contributed by atoms with Gasteiger partial charge in [0.25, 0.3) is 11.8 Å². The Morgan fingerprint density at radius 3 is 2.76 bits per heavy atom. The molecule has 0 radical (unpaired) electrons. The van der Waals surface area contributed by atoms with Gasteiger partial charge in [-0.15, -0.1) is 9.46 Å². The van der Waals surface area contributed by atoms with Crippen LogP contribution in [-0.2, 0) is 38.3 Å². The van der Waals surface area contributed by atoms with E-state index in [2.05, 4.69) is 37.3 Å². The van der Waals surface area contributed by atoms with E-state index in [1.165, 1.54) is 29.1 Å². The molecule has 8 rings (SSSR count). The second kappa shape index (κ2) is 14.6. The Kier molecular flexibility index (Phi) is 10.0. The number of aromatic nitrogens is 2. The minimum absolute atomic E-state index is 0.0746. The summed E-state index contributed by atoms with van der Waals surface area (Å²) < 4.78 is 48.2. The number of aryl methyl sites for hydroxylation is 2. The van der Waals surface area contributed by atoms with Crippen LogP contribution >= 0.6 is 11.6 Å². The first-order valence-corrected chi connectivity index (χ1v) is 20.8. The first-order valence-electron chi connectivity index (χ1n) is 18.8. The lowest BCUT2D eigenvalue weighted by atomic mass is 9.68. The number of carbonyl (C=O) groups excluding carboxylic acids is 2. The van der Waals surface area contributed by atoms with Crippen LogP contribution in [0.3, 0.4) is 0 Å². The van der Waals surface area contributed by atoms with Gasteiger partial charge in [0.05, 0.1) is 36.9 Å². The van der Waals surface area contributed by atoms with Crippen LogP contribution in [0.25, 0.3) is 0 Å². The van der Waals surface area contributed by atoms with Crippen LogP contribution in [0.4, 0.5) is 5.69 Å². The number of ether oxygens (including phenoxy) is 4. The molecule has 1 spiro atoms. The molecule has 2 fully saturated rings. The van der Waals surface area contributed by atoms with E-state index in [0.717, 1.165) is 49.4 Å². The van der Waals surface area contributed by atoms with Crippen LogP contribution in [0, 0.1) is 17.8 Å². The maximum absolute atomic E-state index is 15.3. The number of benzene rings is 2. The van der Waals surface area contributed by atoms with Crippen molar-refractivity contribution in [2.45, 2.75) is 68.3 Å². The first kappa shape index (κ1) is 37.0. The van der Waals surface area contributed by atoms with Gasteiger partial charge in [0, 0.05) is 62.0 Å². The molecule has 1 saturated carbocycles. The average Bonchev–Trinajstić information content (AvgIpc) is 3.46. The Labute approximate surface area is 321 Å². The number of hydrogen-bond acceptors (Lipinski definition) is 9.